The Bertz CT molecular complexity index is 513. The largest absolute Gasteiger partial charge is 0.496 e. The van der Waals surface area contributed by atoms with Crippen molar-refractivity contribution in [2.75, 3.05) is 13.7 Å². The van der Waals surface area contributed by atoms with E-state index in [0.29, 0.717) is 17.9 Å². The second kappa shape index (κ2) is 6.92. The van der Waals surface area contributed by atoms with E-state index in [-0.39, 0.29) is 5.57 Å². The molecule has 0 bridgehead atoms. The number of para-hydroxylation sites is 1. The third kappa shape index (κ3) is 3.49. The highest BCUT2D eigenvalue weighted by molar-refractivity contribution is 6.02. The minimum absolute atomic E-state index is 0.0290. The number of carbonyl (C=O) groups excluding carboxylic acids is 1. The van der Waals surface area contributed by atoms with Gasteiger partial charge in [-0.15, -0.1) is 6.58 Å². The maximum Gasteiger partial charge on any atom is 0.262 e. The van der Waals surface area contributed by atoms with Crippen molar-refractivity contribution in [3.05, 3.63) is 48.1 Å². The van der Waals surface area contributed by atoms with Crippen LogP contribution in [0.3, 0.4) is 0 Å². The molecule has 0 spiro atoms. The van der Waals surface area contributed by atoms with E-state index in [4.69, 9.17) is 10.00 Å². The Kier molecular flexibility index (Phi) is 5.20. The number of benzene rings is 1. The lowest BCUT2D eigenvalue weighted by atomic mass is 10.1. The molecule has 4 nitrogen and oxygen atoms in total. The Morgan fingerprint density at radius 2 is 2.28 bits per heavy atom. The molecule has 1 amide bonds. The highest BCUT2D eigenvalue weighted by Crippen LogP contribution is 2.20. The Morgan fingerprint density at radius 3 is 2.89 bits per heavy atom. The standard InChI is InChI=1S/C14H14N2O2/c1-3-8-16-14(17)12(10-15)9-11-6-4-5-7-13(11)18-2/h3-7,9H,1,8H2,2H3,(H,16,17)/b12-9-. The zero-order valence-electron chi connectivity index (χ0n) is 10.1. The summed E-state index contributed by atoms with van der Waals surface area (Å²) in [5, 5.41) is 11.5. The number of nitrogens with zero attached hydrogens (tertiary/aromatic N) is 1. The fourth-order valence-electron chi connectivity index (χ4n) is 1.35. The van der Waals surface area contributed by atoms with Gasteiger partial charge in [0, 0.05) is 12.1 Å². The summed E-state index contributed by atoms with van der Waals surface area (Å²) < 4.78 is 5.15. The van der Waals surface area contributed by atoms with Gasteiger partial charge >= 0.3 is 0 Å². The van der Waals surface area contributed by atoms with Gasteiger partial charge in [-0.2, -0.15) is 5.26 Å². The van der Waals surface area contributed by atoms with E-state index in [9.17, 15) is 4.79 Å². The Morgan fingerprint density at radius 1 is 1.56 bits per heavy atom. The molecule has 4 heteroatoms. The highest BCUT2D eigenvalue weighted by Gasteiger charge is 2.09. The van der Waals surface area contributed by atoms with Gasteiger partial charge in [0.1, 0.15) is 17.4 Å². The van der Waals surface area contributed by atoms with E-state index in [1.54, 1.807) is 18.2 Å². The molecule has 1 aromatic carbocycles. The number of hydrogen-bond donors (Lipinski definition) is 1. The van der Waals surface area contributed by atoms with Crippen molar-refractivity contribution in [1.82, 2.24) is 5.32 Å². The molecule has 0 radical (unpaired) electrons. The van der Waals surface area contributed by atoms with Crippen LogP contribution in [0.25, 0.3) is 6.08 Å². The smallest absolute Gasteiger partial charge is 0.262 e. The molecule has 0 aliphatic rings. The van der Waals surface area contributed by atoms with Gasteiger partial charge < -0.3 is 10.1 Å². The quantitative estimate of drug-likeness (QED) is 0.487. The SMILES string of the molecule is C=CCNC(=O)/C(C#N)=C\c1ccccc1OC. The summed E-state index contributed by atoms with van der Waals surface area (Å²) in [5.74, 6) is 0.185. The predicted molar refractivity (Wildman–Crippen MR) is 69.8 cm³/mol. The Hall–Kier alpha value is -2.54. The maximum absolute atomic E-state index is 11.6. The summed E-state index contributed by atoms with van der Waals surface area (Å²) >= 11 is 0. The summed E-state index contributed by atoms with van der Waals surface area (Å²) in [5.41, 5.74) is 0.714. The number of methoxy groups -OCH3 is 1. The van der Waals surface area contributed by atoms with Gasteiger partial charge in [-0.1, -0.05) is 24.3 Å². The van der Waals surface area contributed by atoms with Gasteiger partial charge in [0.2, 0.25) is 0 Å². The minimum Gasteiger partial charge on any atom is -0.496 e. The summed E-state index contributed by atoms with van der Waals surface area (Å²) in [4.78, 5) is 11.6. The Balaban J connectivity index is 3.01. The van der Waals surface area contributed by atoms with Crippen LogP contribution in [0.15, 0.2) is 42.5 Å². The zero-order valence-corrected chi connectivity index (χ0v) is 10.1. The molecule has 0 fully saturated rings. The van der Waals surface area contributed by atoms with E-state index in [1.165, 1.54) is 13.2 Å². The van der Waals surface area contributed by atoms with Crippen LogP contribution in [-0.2, 0) is 4.79 Å². The first-order chi connectivity index (χ1) is 8.72. The number of rotatable bonds is 5. The first kappa shape index (κ1) is 13.5. The van der Waals surface area contributed by atoms with Crippen molar-refractivity contribution < 1.29 is 9.53 Å². The van der Waals surface area contributed by atoms with Crippen molar-refractivity contribution in [1.29, 1.82) is 5.26 Å². The van der Waals surface area contributed by atoms with Crippen molar-refractivity contribution >= 4 is 12.0 Å². The molecule has 1 aromatic rings. The van der Waals surface area contributed by atoms with E-state index in [1.807, 2.05) is 18.2 Å². The zero-order chi connectivity index (χ0) is 13.4. The number of amides is 1. The number of hydrogen-bond acceptors (Lipinski definition) is 3. The number of nitrogens with one attached hydrogen (secondary N) is 1. The topological polar surface area (TPSA) is 62.1 Å². The van der Waals surface area contributed by atoms with Crippen LogP contribution < -0.4 is 10.1 Å². The van der Waals surface area contributed by atoms with Crippen molar-refractivity contribution in [2.24, 2.45) is 0 Å². The lowest BCUT2D eigenvalue weighted by Crippen LogP contribution is -2.24. The van der Waals surface area contributed by atoms with Crippen molar-refractivity contribution in [3.8, 4) is 11.8 Å². The van der Waals surface area contributed by atoms with Gasteiger partial charge in [0.05, 0.1) is 7.11 Å². The molecule has 1 rings (SSSR count). The second-order valence-corrected chi connectivity index (χ2v) is 3.41. The predicted octanol–water partition coefficient (Wildman–Crippen LogP) is 1.90. The summed E-state index contributed by atoms with van der Waals surface area (Å²) in [6.07, 6.45) is 3.05. The second-order valence-electron chi connectivity index (χ2n) is 3.41. The molecule has 0 atom stereocenters. The molecule has 0 unspecified atom stereocenters. The molecular weight excluding hydrogens is 228 g/mol. The molecular formula is C14H14N2O2. The maximum atomic E-state index is 11.6. The van der Waals surface area contributed by atoms with Gasteiger partial charge in [0.25, 0.3) is 5.91 Å². The molecule has 0 aliphatic heterocycles. The molecule has 0 saturated heterocycles. The van der Waals surface area contributed by atoms with Crippen LogP contribution in [0.5, 0.6) is 5.75 Å². The van der Waals surface area contributed by atoms with E-state index in [0.717, 1.165) is 0 Å². The molecule has 1 N–H and O–H groups in total. The monoisotopic (exact) mass is 242 g/mol. The van der Waals surface area contributed by atoms with Crippen molar-refractivity contribution in [3.63, 3.8) is 0 Å². The molecule has 0 saturated carbocycles. The molecule has 0 heterocycles. The van der Waals surface area contributed by atoms with Crippen LogP contribution in [-0.4, -0.2) is 19.6 Å². The van der Waals surface area contributed by atoms with Gasteiger partial charge in [-0.3, -0.25) is 4.79 Å². The summed E-state index contributed by atoms with van der Waals surface area (Å²) in [7, 11) is 1.54. The number of carbonyl (C=O) groups is 1. The van der Waals surface area contributed by atoms with Crippen LogP contribution in [0, 0.1) is 11.3 Å². The molecule has 0 aliphatic carbocycles. The third-order valence-corrected chi connectivity index (χ3v) is 2.21. The Labute approximate surface area is 106 Å². The lowest BCUT2D eigenvalue weighted by molar-refractivity contribution is -0.116. The van der Waals surface area contributed by atoms with Gasteiger partial charge in [-0.25, -0.2) is 0 Å². The number of nitriles is 1. The third-order valence-electron chi connectivity index (χ3n) is 2.21. The van der Waals surface area contributed by atoms with Gasteiger partial charge in [0.15, 0.2) is 0 Å². The average Bonchev–Trinajstić information content (AvgIpc) is 2.42. The highest BCUT2D eigenvalue weighted by atomic mass is 16.5. The average molecular weight is 242 g/mol. The van der Waals surface area contributed by atoms with E-state index >= 15 is 0 Å². The first-order valence-corrected chi connectivity index (χ1v) is 5.36. The first-order valence-electron chi connectivity index (χ1n) is 5.36. The van der Waals surface area contributed by atoms with E-state index in [2.05, 4.69) is 11.9 Å². The fraction of sp³-hybridized carbons (Fsp3) is 0.143. The molecule has 92 valence electrons. The number of ether oxygens (including phenoxy) is 1. The molecule has 0 aromatic heterocycles. The molecule has 18 heavy (non-hydrogen) atoms. The van der Waals surface area contributed by atoms with Crippen molar-refractivity contribution in [2.45, 2.75) is 0 Å². The van der Waals surface area contributed by atoms with Crippen LogP contribution in [0.1, 0.15) is 5.56 Å². The lowest BCUT2D eigenvalue weighted by Gasteiger charge is -2.05. The van der Waals surface area contributed by atoms with Gasteiger partial charge in [-0.05, 0) is 12.1 Å². The van der Waals surface area contributed by atoms with E-state index < -0.39 is 5.91 Å². The normalized spacial score (nSPS) is 10.3. The minimum atomic E-state index is -0.427. The summed E-state index contributed by atoms with van der Waals surface area (Å²) in [6, 6.07) is 9.04. The van der Waals surface area contributed by atoms with Crippen LogP contribution >= 0.6 is 0 Å². The van der Waals surface area contributed by atoms with Crippen LogP contribution in [0.4, 0.5) is 0 Å². The summed E-state index contributed by atoms with van der Waals surface area (Å²) in [6.45, 7) is 3.82. The fourth-order valence-corrected chi connectivity index (χ4v) is 1.35. The van der Waals surface area contributed by atoms with Crippen LogP contribution in [0.2, 0.25) is 0 Å².